The summed E-state index contributed by atoms with van der Waals surface area (Å²) in [6, 6.07) is 18.7. The molecule has 0 radical (unpaired) electrons. The molecule has 102 valence electrons. The Labute approximate surface area is 121 Å². The molecule has 0 bridgehead atoms. The lowest BCUT2D eigenvalue weighted by Gasteiger charge is -2.11. The van der Waals surface area contributed by atoms with Crippen molar-refractivity contribution in [3.63, 3.8) is 0 Å². The molecule has 2 rings (SSSR count). The van der Waals surface area contributed by atoms with Gasteiger partial charge in [-0.15, -0.1) is 0 Å². The summed E-state index contributed by atoms with van der Waals surface area (Å²) in [7, 11) is 0. The molecule has 0 aromatic heterocycles. The summed E-state index contributed by atoms with van der Waals surface area (Å²) in [5, 5.41) is 9.18. The average Bonchev–Trinajstić information content (AvgIpc) is 2.48. The van der Waals surface area contributed by atoms with Crippen LogP contribution in [0.5, 0.6) is 0 Å². The van der Waals surface area contributed by atoms with Gasteiger partial charge in [-0.2, -0.15) is 0 Å². The van der Waals surface area contributed by atoms with E-state index in [0.717, 1.165) is 12.0 Å². The number of aliphatic hydroxyl groups excluding tert-OH is 1. The van der Waals surface area contributed by atoms with Crippen molar-refractivity contribution < 1.29 is 5.11 Å². The molecule has 0 spiro atoms. The summed E-state index contributed by atoms with van der Waals surface area (Å²) >= 11 is 0. The highest BCUT2D eigenvalue weighted by molar-refractivity contribution is 5.38. The summed E-state index contributed by atoms with van der Waals surface area (Å²) in [6.45, 7) is 3.94. The number of hydrogen-bond acceptors (Lipinski definition) is 1. The van der Waals surface area contributed by atoms with E-state index in [4.69, 9.17) is 0 Å². The van der Waals surface area contributed by atoms with Crippen LogP contribution in [0.15, 0.2) is 54.6 Å². The van der Waals surface area contributed by atoms with Crippen LogP contribution >= 0.6 is 0 Å². The molecule has 0 aliphatic heterocycles. The maximum atomic E-state index is 9.18. The van der Waals surface area contributed by atoms with Crippen molar-refractivity contribution in [3.05, 3.63) is 71.3 Å². The normalized spacial score (nSPS) is 10.8. The molecule has 0 amide bonds. The Balaban J connectivity index is 2.07. The van der Waals surface area contributed by atoms with Crippen molar-refractivity contribution in [2.75, 3.05) is 6.61 Å². The van der Waals surface area contributed by atoms with E-state index in [2.05, 4.69) is 48.2 Å². The summed E-state index contributed by atoms with van der Waals surface area (Å²) < 4.78 is 0. The van der Waals surface area contributed by atoms with Gasteiger partial charge in [0.25, 0.3) is 0 Å². The second-order valence-corrected chi connectivity index (χ2v) is 5.65. The first-order valence-corrected chi connectivity index (χ1v) is 6.86. The Morgan fingerprint density at radius 3 is 2.10 bits per heavy atom. The van der Waals surface area contributed by atoms with Gasteiger partial charge in [0.15, 0.2) is 0 Å². The molecule has 0 aliphatic carbocycles. The maximum absolute atomic E-state index is 9.18. The molecule has 1 nitrogen and oxygen atoms in total. The number of hydrogen-bond donors (Lipinski definition) is 1. The van der Waals surface area contributed by atoms with Crippen LogP contribution in [0.4, 0.5) is 0 Å². The average molecular weight is 264 g/mol. The minimum absolute atomic E-state index is 0.0755. The summed E-state index contributed by atoms with van der Waals surface area (Å²) in [5.74, 6) is 6.21. The van der Waals surface area contributed by atoms with E-state index in [1.54, 1.807) is 0 Å². The van der Waals surface area contributed by atoms with E-state index in [0.29, 0.717) is 0 Å². The lowest BCUT2D eigenvalue weighted by atomic mass is 9.95. The molecule has 20 heavy (non-hydrogen) atoms. The Morgan fingerprint density at radius 1 is 0.900 bits per heavy atom. The summed E-state index contributed by atoms with van der Waals surface area (Å²) in [6.07, 6.45) is 0.941. The second-order valence-electron chi connectivity index (χ2n) is 5.65. The topological polar surface area (TPSA) is 20.2 Å². The van der Waals surface area contributed by atoms with Crippen molar-refractivity contribution in [1.29, 1.82) is 0 Å². The van der Waals surface area contributed by atoms with Crippen molar-refractivity contribution in [1.82, 2.24) is 0 Å². The molecular weight excluding hydrogens is 244 g/mol. The van der Waals surface area contributed by atoms with Crippen molar-refractivity contribution >= 4 is 0 Å². The molecule has 2 aromatic carbocycles. The Hall–Kier alpha value is -2.04. The first kappa shape index (κ1) is 14.4. The van der Waals surface area contributed by atoms with Gasteiger partial charge in [-0.05, 0) is 43.5 Å². The van der Waals surface area contributed by atoms with Crippen LogP contribution in [-0.4, -0.2) is 11.7 Å². The van der Waals surface area contributed by atoms with Gasteiger partial charge in [-0.3, -0.25) is 0 Å². The van der Waals surface area contributed by atoms with Crippen molar-refractivity contribution in [2.24, 2.45) is 5.41 Å². The van der Waals surface area contributed by atoms with E-state index in [1.807, 2.05) is 32.0 Å². The zero-order valence-electron chi connectivity index (χ0n) is 12.1. The minimum Gasteiger partial charge on any atom is -0.395 e. The van der Waals surface area contributed by atoms with Crippen LogP contribution in [0.3, 0.4) is 0 Å². The minimum atomic E-state index is -0.345. The SMILES string of the molecule is CC(C)(C#Cc1ccc(Cc2ccccc2)cc1)CO. The molecular formula is C19H20O. The highest BCUT2D eigenvalue weighted by Crippen LogP contribution is 2.13. The second kappa shape index (κ2) is 6.41. The standard InChI is InChI=1S/C19H20O/c1-19(2,15-20)13-12-16-8-10-18(11-9-16)14-17-6-4-3-5-7-17/h3-11,20H,14-15H2,1-2H3. The Kier molecular flexibility index (Phi) is 4.61. The van der Waals surface area contributed by atoms with Crippen LogP contribution in [-0.2, 0) is 6.42 Å². The van der Waals surface area contributed by atoms with Crippen LogP contribution in [0.25, 0.3) is 0 Å². The third-order valence-electron chi connectivity index (χ3n) is 3.15. The molecule has 0 heterocycles. The molecule has 0 aliphatic rings. The van der Waals surface area contributed by atoms with E-state index in [1.165, 1.54) is 11.1 Å². The lowest BCUT2D eigenvalue weighted by Crippen LogP contribution is -2.13. The van der Waals surface area contributed by atoms with Crippen LogP contribution in [0, 0.1) is 17.3 Å². The molecule has 0 unspecified atom stereocenters. The molecule has 1 heteroatoms. The lowest BCUT2D eigenvalue weighted by molar-refractivity contribution is 0.206. The number of benzene rings is 2. The fourth-order valence-electron chi connectivity index (χ4n) is 1.82. The van der Waals surface area contributed by atoms with Gasteiger partial charge in [0, 0.05) is 11.0 Å². The van der Waals surface area contributed by atoms with Gasteiger partial charge < -0.3 is 5.11 Å². The van der Waals surface area contributed by atoms with Gasteiger partial charge in [-0.25, -0.2) is 0 Å². The Morgan fingerprint density at radius 2 is 1.50 bits per heavy atom. The zero-order valence-corrected chi connectivity index (χ0v) is 12.1. The van der Waals surface area contributed by atoms with Gasteiger partial charge >= 0.3 is 0 Å². The highest BCUT2D eigenvalue weighted by atomic mass is 16.3. The van der Waals surface area contributed by atoms with Crippen molar-refractivity contribution in [3.8, 4) is 11.8 Å². The number of rotatable bonds is 3. The third kappa shape index (κ3) is 4.26. The maximum Gasteiger partial charge on any atom is 0.0591 e. The molecule has 0 fully saturated rings. The van der Waals surface area contributed by atoms with Gasteiger partial charge in [0.1, 0.15) is 0 Å². The Bertz CT molecular complexity index is 598. The molecule has 0 saturated heterocycles. The monoisotopic (exact) mass is 264 g/mol. The molecule has 0 atom stereocenters. The summed E-state index contributed by atoms with van der Waals surface area (Å²) in [4.78, 5) is 0. The summed E-state index contributed by atoms with van der Waals surface area (Å²) in [5.41, 5.74) is 3.24. The van der Waals surface area contributed by atoms with E-state index >= 15 is 0 Å². The largest absolute Gasteiger partial charge is 0.395 e. The van der Waals surface area contributed by atoms with Gasteiger partial charge in [0.05, 0.1) is 6.61 Å². The number of aliphatic hydroxyl groups is 1. The van der Waals surface area contributed by atoms with E-state index < -0.39 is 0 Å². The first-order chi connectivity index (χ1) is 9.59. The quantitative estimate of drug-likeness (QED) is 0.839. The fourth-order valence-corrected chi connectivity index (χ4v) is 1.82. The van der Waals surface area contributed by atoms with E-state index in [-0.39, 0.29) is 12.0 Å². The third-order valence-corrected chi connectivity index (χ3v) is 3.15. The molecule has 1 N–H and O–H groups in total. The molecule has 0 saturated carbocycles. The predicted octanol–water partition coefficient (Wildman–Crippen LogP) is 3.65. The fraction of sp³-hybridized carbons (Fsp3) is 0.263. The zero-order chi connectivity index (χ0) is 14.4. The molecule has 2 aromatic rings. The smallest absolute Gasteiger partial charge is 0.0591 e. The van der Waals surface area contributed by atoms with Crippen molar-refractivity contribution in [2.45, 2.75) is 20.3 Å². The van der Waals surface area contributed by atoms with Gasteiger partial charge in [0.2, 0.25) is 0 Å². The van der Waals surface area contributed by atoms with Crippen LogP contribution in [0.2, 0.25) is 0 Å². The first-order valence-electron chi connectivity index (χ1n) is 6.86. The van der Waals surface area contributed by atoms with Gasteiger partial charge in [-0.1, -0.05) is 54.3 Å². The van der Waals surface area contributed by atoms with Crippen LogP contribution in [0.1, 0.15) is 30.5 Å². The van der Waals surface area contributed by atoms with E-state index in [9.17, 15) is 5.11 Å². The predicted molar refractivity (Wildman–Crippen MR) is 83.4 cm³/mol. The van der Waals surface area contributed by atoms with Crippen LogP contribution < -0.4 is 0 Å². The highest BCUT2D eigenvalue weighted by Gasteiger charge is 2.11.